The van der Waals surface area contributed by atoms with Crippen molar-refractivity contribution in [3.8, 4) is 0 Å². The van der Waals surface area contributed by atoms with Gasteiger partial charge in [0.25, 0.3) is 0 Å². The van der Waals surface area contributed by atoms with Gasteiger partial charge < -0.3 is 0 Å². The number of sulfonamides is 1. The molecule has 0 saturated carbocycles. The van der Waals surface area contributed by atoms with Gasteiger partial charge in [0.2, 0.25) is 10.0 Å². The standard InChI is InChI=1S/C12H13F2N3O2S/c1-9(8-17-7-3-6-15-17)16-20(18,19)12-10(13)4-2-5-11(12)14/h2-7,9,16H,8H2,1H3/t9-/m1/s1. The molecule has 2 rings (SSSR count). The van der Waals surface area contributed by atoms with E-state index in [1.165, 1.54) is 4.68 Å². The molecule has 1 heterocycles. The highest BCUT2D eigenvalue weighted by molar-refractivity contribution is 7.89. The quantitative estimate of drug-likeness (QED) is 0.911. The Labute approximate surface area is 115 Å². The summed E-state index contributed by atoms with van der Waals surface area (Å²) in [7, 11) is -4.27. The minimum Gasteiger partial charge on any atom is -0.271 e. The Kier molecular flexibility index (Phi) is 4.15. The van der Waals surface area contributed by atoms with Crippen molar-refractivity contribution in [3.05, 3.63) is 48.3 Å². The summed E-state index contributed by atoms with van der Waals surface area (Å²) in [5.41, 5.74) is 0. The molecule has 2 aromatic rings. The summed E-state index contributed by atoms with van der Waals surface area (Å²) in [6, 6.07) is 4.03. The van der Waals surface area contributed by atoms with E-state index >= 15 is 0 Å². The highest BCUT2D eigenvalue weighted by Crippen LogP contribution is 2.18. The van der Waals surface area contributed by atoms with Crippen LogP contribution in [0.2, 0.25) is 0 Å². The second kappa shape index (κ2) is 5.68. The second-order valence-electron chi connectivity index (χ2n) is 4.30. The van der Waals surface area contributed by atoms with Crippen LogP contribution in [0.5, 0.6) is 0 Å². The molecule has 0 unspecified atom stereocenters. The summed E-state index contributed by atoms with van der Waals surface area (Å²) in [5, 5.41) is 3.93. The lowest BCUT2D eigenvalue weighted by Crippen LogP contribution is -2.36. The number of rotatable bonds is 5. The van der Waals surface area contributed by atoms with Crippen molar-refractivity contribution < 1.29 is 17.2 Å². The summed E-state index contributed by atoms with van der Waals surface area (Å²) in [4.78, 5) is -0.965. The third-order valence-electron chi connectivity index (χ3n) is 2.56. The topological polar surface area (TPSA) is 64.0 Å². The van der Waals surface area contributed by atoms with Crippen molar-refractivity contribution in [1.82, 2.24) is 14.5 Å². The average molecular weight is 301 g/mol. The Bertz CT molecular complexity index is 666. The van der Waals surface area contributed by atoms with Crippen LogP contribution in [0, 0.1) is 11.6 Å². The fourth-order valence-electron chi connectivity index (χ4n) is 1.79. The van der Waals surface area contributed by atoms with Gasteiger partial charge in [-0.2, -0.15) is 5.10 Å². The molecule has 108 valence electrons. The van der Waals surface area contributed by atoms with Crippen LogP contribution in [0.1, 0.15) is 6.92 Å². The minimum atomic E-state index is -4.27. The third kappa shape index (κ3) is 3.20. The van der Waals surface area contributed by atoms with Crippen LogP contribution < -0.4 is 4.72 Å². The smallest absolute Gasteiger partial charge is 0.246 e. The van der Waals surface area contributed by atoms with Gasteiger partial charge in [0, 0.05) is 18.4 Å². The zero-order valence-electron chi connectivity index (χ0n) is 10.6. The molecule has 0 aliphatic carbocycles. The van der Waals surface area contributed by atoms with E-state index < -0.39 is 32.6 Å². The number of nitrogens with zero attached hydrogens (tertiary/aromatic N) is 2. The lowest BCUT2D eigenvalue weighted by Gasteiger charge is -2.15. The van der Waals surface area contributed by atoms with E-state index in [0.29, 0.717) is 0 Å². The SMILES string of the molecule is C[C@H](Cn1cccn1)NS(=O)(=O)c1c(F)cccc1F. The van der Waals surface area contributed by atoms with Crippen LogP contribution in [0.3, 0.4) is 0 Å². The fourth-order valence-corrected chi connectivity index (χ4v) is 3.16. The summed E-state index contributed by atoms with van der Waals surface area (Å²) >= 11 is 0. The Morgan fingerprint density at radius 2 is 1.95 bits per heavy atom. The molecule has 0 radical (unpaired) electrons. The molecule has 0 aliphatic heterocycles. The van der Waals surface area contributed by atoms with Crippen molar-refractivity contribution in [3.63, 3.8) is 0 Å². The first-order chi connectivity index (χ1) is 9.40. The van der Waals surface area contributed by atoms with E-state index in [9.17, 15) is 17.2 Å². The van der Waals surface area contributed by atoms with Gasteiger partial charge in [-0.15, -0.1) is 0 Å². The summed E-state index contributed by atoms with van der Waals surface area (Å²) in [5.74, 6) is -2.24. The molecule has 8 heteroatoms. The molecule has 1 N–H and O–H groups in total. The molecule has 5 nitrogen and oxygen atoms in total. The number of nitrogens with one attached hydrogen (secondary N) is 1. The molecule has 0 fully saturated rings. The monoisotopic (exact) mass is 301 g/mol. The Hall–Kier alpha value is -1.80. The summed E-state index contributed by atoms with van der Waals surface area (Å²) in [6.45, 7) is 1.83. The first-order valence-electron chi connectivity index (χ1n) is 5.84. The van der Waals surface area contributed by atoms with Crippen molar-refractivity contribution in [2.24, 2.45) is 0 Å². The summed E-state index contributed by atoms with van der Waals surface area (Å²) in [6.07, 6.45) is 3.21. The van der Waals surface area contributed by atoms with Gasteiger partial charge in [-0.25, -0.2) is 21.9 Å². The maximum Gasteiger partial charge on any atom is 0.246 e. The average Bonchev–Trinajstić information content (AvgIpc) is 2.79. The first-order valence-corrected chi connectivity index (χ1v) is 7.32. The number of hydrogen-bond acceptors (Lipinski definition) is 3. The van der Waals surface area contributed by atoms with Crippen molar-refractivity contribution in [1.29, 1.82) is 0 Å². The van der Waals surface area contributed by atoms with Gasteiger partial charge in [0.15, 0.2) is 4.90 Å². The van der Waals surface area contributed by atoms with E-state index in [-0.39, 0.29) is 6.54 Å². The molecular weight excluding hydrogens is 288 g/mol. The molecule has 1 aromatic heterocycles. The van der Waals surface area contributed by atoms with Crippen molar-refractivity contribution in [2.45, 2.75) is 24.4 Å². The van der Waals surface area contributed by atoms with Gasteiger partial charge >= 0.3 is 0 Å². The lowest BCUT2D eigenvalue weighted by molar-refractivity contribution is 0.480. The predicted molar refractivity (Wildman–Crippen MR) is 68.4 cm³/mol. The number of halogens is 2. The molecule has 1 atom stereocenters. The Morgan fingerprint density at radius 1 is 1.30 bits per heavy atom. The number of aromatic nitrogens is 2. The summed E-state index contributed by atoms with van der Waals surface area (Å²) < 4.78 is 54.7. The molecule has 1 aromatic carbocycles. The van der Waals surface area contributed by atoms with Crippen LogP contribution >= 0.6 is 0 Å². The molecule has 0 amide bonds. The van der Waals surface area contributed by atoms with Gasteiger partial charge in [0.05, 0.1) is 6.54 Å². The van der Waals surface area contributed by atoms with Gasteiger partial charge in [-0.05, 0) is 25.1 Å². The van der Waals surface area contributed by atoms with Crippen molar-refractivity contribution >= 4 is 10.0 Å². The van der Waals surface area contributed by atoms with Crippen molar-refractivity contribution in [2.75, 3.05) is 0 Å². The molecular formula is C12H13F2N3O2S. The molecule has 0 aliphatic rings. The Balaban J connectivity index is 2.19. The maximum atomic E-state index is 13.5. The van der Waals surface area contributed by atoms with Gasteiger partial charge in [0.1, 0.15) is 11.6 Å². The zero-order chi connectivity index (χ0) is 14.8. The maximum absolute atomic E-state index is 13.5. The van der Waals surface area contributed by atoms with Crippen LogP contribution in [0.15, 0.2) is 41.6 Å². The lowest BCUT2D eigenvalue weighted by atomic mass is 10.3. The minimum absolute atomic E-state index is 0.252. The van der Waals surface area contributed by atoms with Gasteiger partial charge in [-0.1, -0.05) is 6.07 Å². The first kappa shape index (κ1) is 14.6. The van der Waals surface area contributed by atoms with Crippen LogP contribution in [-0.2, 0) is 16.6 Å². The third-order valence-corrected chi connectivity index (χ3v) is 4.20. The fraction of sp³-hybridized carbons (Fsp3) is 0.250. The van der Waals surface area contributed by atoms with Gasteiger partial charge in [-0.3, -0.25) is 4.68 Å². The number of hydrogen-bond donors (Lipinski definition) is 1. The molecule has 20 heavy (non-hydrogen) atoms. The van der Waals surface area contributed by atoms with E-state index in [1.54, 1.807) is 25.4 Å². The normalized spacial score (nSPS) is 13.3. The Morgan fingerprint density at radius 3 is 2.50 bits per heavy atom. The zero-order valence-corrected chi connectivity index (χ0v) is 11.4. The van der Waals surface area contributed by atoms with E-state index in [4.69, 9.17) is 0 Å². The molecule has 0 bridgehead atoms. The molecule has 0 saturated heterocycles. The highest BCUT2D eigenvalue weighted by Gasteiger charge is 2.25. The largest absolute Gasteiger partial charge is 0.271 e. The van der Waals surface area contributed by atoms with Crippen LogP contribution in [0.25, 0.3) is 0 Å². The molecule has 0 spiro atoms. The number of benzene rings is 1. The van der Waals surface area contributed by atoms with E-state index in [2.05, 4.69) is 9.82 Å². The predicted octanol–water partition coefficient (Wildman–Crippen LogP) is 1.53. The van der Waals surface area contributed by atoms with E-state index in [1.807, 2.05) is 0 Å². The van der Waals surface area contributed by atoms with E-state index in [0.717, 1.165) is 18.2 Å². The van der Waals surface area contributed by atoms with Crippen LogP contribution in [0.4, 0.5) is 8.78 Å². The highest BCUT2D eigenvalue weighted by atomic mass is 32.2. The second-order valence-corrected chi connectivity index (χ2v) is 5.95. The van der Waals surface area contributed by atoms with Crippen LogP contribution in [-0.4, -0.2) is 24.2 Å².